The molecule has 1 heterocycles. The SMILES string of the molecule is O=C(O)c1cccc(S(=O)(=O)NC2CCC3C(C2)C2NNC(=O)C4CCCC3C42)c1. The Balaban J connectivity index is 1.34. The van der Waals surface area contributed by atoms with E-state index in [4.69, 9.17) is 5.11 Å². The van der Waals surface area contributed by atoms with Crippen molar-refractivity contribution in [2.45, 2.75) is 55.5 Å². The van der Waals surface area contributed by atoms with Crippen molar-refractivity contribution in [3.8, 4) is 0 Å². The Morgan fingerprint density at radius 1 is 1.10 bits per heavy atom. The lowest BCUT2D eigenvalue weighted by molar-refractivity contribution is -0.134. The fraction of sp³-hybridized carbons (Fsp3) is 0.619. The summed E-state index contributed by atoms with van der Waals surface area (Å²) in [6.45, 7) is 0. The number of benzene rings is 1. The number of hydrogen-bond acceptors (Lipinski definition) is 5. The van der Waals surface area contributed by atoms with Gasteiger partial charge in [-0.05, 0) is 74.0 Å². The van der Waals surface area contributed by atoms with Gasteiger partial charge in [0.15, 0.2) is 0 Å². The van der Waals surface area contributed by atoms with Gasteiger partial charge in [0.1, 0.15) is 0 Å². The molecule has 4 fully saturated rings. The average molecular weight is 434 g/mol. The molecule has 0 spiro atoms. The molecule has 1 aromatic carbocycles. The number of carbonyl (C=O) groups is 2. The second kappa shape index (κ2) is 7.32. The summed E-state index contributed by atoms with van der Waals surface area (Å²) in [5.74, 6) is 0.782. The van der Waals surface area contributed by atoms with Crippen molar-refractivity contribution in [1.82, 2.24) is 15.6 Å². The standard InChI is InChI=1S/C21H27N3O5S/c25-20-16-6-2-5-15-14-8-7-12(10-17(14)19(18(15)16)22-23-20)24-30(28,29)13-4-1-3-11(9-13)21(26)27/h1,3-4,9,12,14-19,22,24H,2,5-8,10H2,(H,23,25)(H,26,27). The van der Waals surface area contributed by atoms with Crippen molar-refractivity contribution in [3.05, 3.63) is 29.8 Å². The van der Waals surface area contributed by atoms with Crippen LogP contribution in [0, 0.1) is 29.6 Å². The molecule has 0 radical (unpaired) electrons. The maximum Gasteiger partial charge on any atom is 0.335 e. The van der Waals surface area contributed by atoms with Crippen molar-refractivity contribution < 1.29 is 23.1 Å². The van der Waals surface area contributed by atoms with Crippen LogP contribution in [0.1, 0.15) is 48.9 Å². The summed E-state index contributed by atoms with van der Waals surface area (Å²) >= 11 is 0. The molecule has 0 aromatic heterocycles. The number of carboxylic acid groups (broad SMARTS) is 1. The molecule has 8 nitrogen and oxygen atoms in total. The minimum atomic E-state index is -3.80. The third kappa shape index (κ3) is 3.23. The largest absolute Gasteiger partial charge is 0.478 e. The Labute approximate surface area is 175 Å². The van der Waals surface area contributed by atoms with E-state index in [0.717, 1.165) is 38.5 Å². The third-order valence-electron chi connectivity index (χ3n) is 7.80. The molecular weight excluding hydrogens is 406 g/mol. The van der Waals surface area contributed by atoms with Gasteiger partial charge < -0.3 is 5.11 Å². The summed E-state index contributed by atoms with van der Waals surface area (Å²) in [5.41, 5.74) is 6.07. The molecule has 1 amide bonds. The topological polar surface area (TPSA) is 125 Å². The van der Waals surface area contributed by atoms with E-state index in [-0.39, 0.29) is 34.4 Å². The zero-order valence-electron chi connectivity index (χ0n) is 16.6. The van der Waals surface area contributed by atoms with Crippen molar-refractivity contribution in [3.63, 3.8) is 0 Å². The molecule has 1 aromatic rings. The van der Waals surface area contributed by atoms with Crippen molar-refractivity contribution in [1.29, 1.82) is 0 Å². The first kappa shape index (κ1) is 20.0. The number of carbonyl (C=O) groups excluding carboxylic acids is 1. The van der Waals surface area contributed by atoms with Crippen LogP contribution in [0.25, 0.3) is 0 Å². The number of hydrazine groups is 1. The normalized spacial score (nSPS) is 37.7. The summed E-state index contributed by atoms with van der Waals surface area (Å²) in [7, 11) is -3.80. The number of fused-ring (bicyclic) bond motifs is 3. The summed E-state index contributed by atoms with van der Waals surface area (Å²) in [5, 5.41) is 9.15. The van der Waals surface area contributed by atoms with E-state index in [1.54, 1.807) is 0 Å². The molecular formula is C21H27N3O5S. The minimum absolute atomic E-state index is 0.0206. The monoisotopic (exact) mass is 433 g/mol. The van der Waals surface area contributed by atoms with Gasteiger partial charge >= 0.3 is 5.97 Å². The first-order valence-corrected chi connectivity index (χ1v) is 12.2. The van der Waals surface area contributed by atoms with Crippen molar-refractivity contribution in [2.24, 2.45) is 29.6 Å². The lowest BCUT2D eigenvalue weighted by atomic mass is 9.68. The first-order chi connectivity index (χ1) is 14.3. The number of aromatic carboxylic acids is 1. The first-order valence-electron chi connectivity index (χ1n) is 10.8. The highest BCUT2D eigenvalue weighted by atomic mass is 32.2. The van der Waals surface area contributed by atoms with Gasteiger partial charge in [-0.25, -0.2) is 23.4 Å². The van der Waals surface area contributed by atoms with Gasteiger partial charge in [0, 0.05) is 18.0 Å². The molecule has 4 aliphatic rings. The molecule has 3 aliphatic carbocycles. The van der Waals surface area contributed by atoms with Gasteiger partial charge in [0.25, 0.3) is 0 Å². The predicted molar refractivity (Wildman–Crippen MR) is 108 cm³/mol. The van der Waals surface area contributed by atoms with Crippen molar-refractivity contribution in [2.75, 3.05) is 0 Å². The highest BCUT2D eigenvalue weighted by Crippen LogP contribution is 2.56. The second-order valence-electron chi connectivity index (χ2n) is 9.23. The maximum atomic E-state index is 12.9. The van der Waals surface area contributed by atoms with Crippen LogP contribution in [0.5, 0.6) is 0 Å². The van der Waals surface area contributed by atoms with E-state index < -0.39 is 16.0 Å². The van der Waals surface area contributed by atoms with Crippen molar-refractivity contribution >= 4 is 21.9 Å². The Kier molecular flexibility index (Phi) is 4.87. The second-order valence-corrected chi connectivity index (χ2v) is 10.9. The Morgan fingerprint density at radius 2 is 1.93 bits per heavy atom. The van der Waals surface area contributed by atoms with Crippen LogP contribution in [0.4, 0.5) is 0 Å². The predicted octanol–water partition coefficient (Wildman–Crippen LogP) is 1.50. The van der Waals surface area contributed by atoms with Gasteiger partial charge in [-0.2, -0.15) is 0 Å². The van der Waals surface area contributed by atoms with Crippen LogP contribution in [0.3, 0.4) is 0 Å². The molecule has 7 atom stereocenters. The van der Waals surface area contributed by atoms with Gasteiger partial charge in [-0.15, -0.1) is 0 Å². The van der Waals surface area contributed by atoms with Crippen LogP contribution < -0.4 is 15.6 Å². The maximum absolute atomic E-state index is 12.9. The number of amides is 1. The molecule has 0 bridgehead atoms. The van der Waals surface area contributed by atoms with Gasteiger partial charge in [-0.3, -0.25) is 10.2 Å². The van der Waals surface area contributed by atoms with E-state index in [2.05, 4.69) is 15.6 Å². The molecule has 5 rings (SSSR count). The zero-order valence-corrected chi connectivity index (χ0v) is 17.4. The quantitative estimate of drug-likeness (QED) is 0.570. The van der Waals surface area contributed by atoms with Crippen LogP contribution in [0.2, 0.25) is 0 Å². The smallest absolute Gasteiger partial charge is 0.335 e. The Bertz CT molecular complexity index is 981. The fourth-order valence-corrected chi connectivity index (χ4v) is 8.01. The molecule has 162 valence electrons. The highest BCUT2D eigenvalue weighted by molar-refractivity contribution is 7.89. The van der Waals surface area contributed by atoms with Crippen LogP contribution in [-0.4, -0.2) is 37.5 Å². The highest BCUT2D eigenvalue weighted by Gasteiger charge is 2.58. The third-order valence-corrected chi connectivity index (χ3v) is 9.32. The number of nitrogens with one attached hydrogen (secondary N) is 3. The summed E-state index contributed by atoms with van der Waals surface area (Å²) in [6, 6.07) is 5.46. The average Bonchev–Trinajstić information content (AvgIpc) is 3.05. The van der Waals surface area contributed by atoms with Gasteiger partial charge in [0.05, 0.1) is 10.5 Å². The van der Waals surface area contributed by atoms with Crippen LogP contribution >= 0.6 is 0 Å². The molecule has 7 unspecified atom stereocenters. The number of hydrogen-bond donors (Lipinski definition) is 4. The van der Waals surface area contributed by atoms with E-state index in [1.165, 1.54) is 24.3 Å². The minimum Gasteiger partial charge on any atom is -0.478 e. The Morgan fingerprint density at radius 3 is 2.73 bits per heavy atom. The van der Waals surface area contributed by atoms with Crippen LogP contribution in [0.15, 0.2) is 29.2 Å². The molecule has 4 N–H and O–H groups in total. The summed E-state index contributed by atoms with van der Waals surface area (Å²) < 4.78 is 28.6. The molecule has 9 heteroatoms. The molecule has 3 saturated carbocycles. The van der Waals surface area contributed by atoms with Gasteiger partial charge in [0.2, 0.25) is 15.9 Å². The summed E-state index contributed by atoms with van der Waals surface area (Å²) in [4.78, 5) is 23.5. The molecule has 30 heavy (non-hydrogen) atoms. The lowest BCUT2D eigenvalue weighted by Crippen LogP contribution is -2.60. The summed E-state index contributed by atoms with van der Waals surface area (Å²) in [6.07, 6.45) is 5.64. The number of carboxylic acids is 1. The van der Waals surface area contributed by atoms with E-state index in [9.17, 15) is 18.0 Å². The van der Waals surface area contributed by atoms with E-state index in [1.807, 2.05) is 0 Å². The van der Waals surface area contributed by atoms with Crippen LogP contribution in [-0.2, 0) is 14.8 Å². The molecule has 1 aliphatic heterocycles. The molecule has 1 saturated heterocycles. The zero-order chi connectivity index (χ0) is 21.0. The Hall–Kier alpha value is -1.97. The van der Waals surface area contributed by atoms with E-state index >= 15 is 0 Å². The van der Waals surface area contributed by atoms with Gasteiger partial charge in [-0.1, -0.05) is 12.5 Å². The lowest BCUT2D eigenvalue weighted by Gasteiger charge is -2.41. The fourth-order valence-electron chi connectivity index (χ4n) is 6.68. The number of rotatable bonds is 4. The van der Waals surface area contributed by atoms with E-state index in [0.29, 0.717) is 23.7 Å². The number of sulfonamides is 1.